The SMILES string of the molecule is C[C@H](CNC(=O)NC1CCCCC1)NC(=O)NC1CCCCC1. The summed E-state index contributed by atoms with van der Waals surface area (Å²) >= 11 is 0. The van der Waals surface area contributed by atoms with Gasteiger partial charge in [-0.2, -0.15) is 0 Å². The largest absolute Gasteiger partial charge is 0.336 e. The van der Waals surface area contributed by atoms with Crippen LogP contribution in [0, 0.1) is 0 Å². The molecule has 0 aromatic heterocycles. The quantitative estimate of drug-likeness (QED) is 0.627. The van der Waals surface area contributed by atoms with E-state index < -0.39 is 0 Å². The molecule has 0 saturated heterocycles. The van der Waals surface area contributed by atoms with Crippen LogP contribution in [0.5, 0.6) is 0 Å². The lowest BCUT2D eigenvalue weighted by Gasteiger charge is -2.25. The van der Waals surface area contributed by atoms with E-state index in [1.165, 1.54) is 38.5 Å². The first-order chi connectivity index (χ1) is 11.1. The first-order valence-corrected chi connectivity index (χ1v) is 9.25. The first-order valence-electron chi connectivity index (χ1n) is 9.25. The zero-order valence-electron chi connectivity index (χ0n) is 14.3. The van der Waals surface area contributed by atoms with Gasteiger partial charge in [-0.25, -0.2) is 9.59 Å². The van der Waals surface area contributed by atoms with Crippen LogP contribution in [0.15, 0.2) is 0 Å². The second-order valence-electron chi connectivity index (χ2n) is 7.04. The third-order valence-electron chi connectivity index (χ3n) is 4.83. The van der Waals surface area contributed by atoms with E-state index in [4.69, 9.17) is 0 Å². The van der Waals surface area contributed by atoms with Crippen LogP contribution in [-0.4, -0.2) is 36.7 Å². The maximum Gasteiger partial charge on any atom is 0.315 e. The van der Waals surface area contributed by atoms with Crippen molar-refractivity contribution in [3.8, 4) is 0 Å². The van der Waals surface area contributed by atoms with Gasteiger partial charge in [0.2, 0.25) is 0 Å². The van der Waals surface area contributed by atoms with Gasteiger partial charge in [-0.05, 0) is 32.6 Å². The molecule has 0 aliphatic heterocycles. The molecule has 0 spiro atoms. The Balaban J connectivity index is 1.57. The minimum atomic E-state index is -0.127. The number of nitrogens with one attached hydrogen (secondary N) is 4. The van der Waals surface area contributed by atoms with Crippen molar-refractivity contribution in [1.82, 2.24) is 21.3 Å². The molecule has 0 bridgehead atoms. The second kappa shape index (κ2) is 9.63. The average molecular weight is 324 g/mol. The topological polar surface area (TPSA) is 82.3 Å². The number of amides is 4. The van der Waals surface area contributed by atoms with Crippen LogP contribution in [0.3, 0.4) is 0 Å². The second-order valence-corrected chi connectivity index (χ2v) is 7.04. The number of hydrogen-bond donors (Lipinski definition) is 4. The standard InChI is InChI=1S/C17H32N4O2/c1-13(19-17(23)21-15-10-6-3-7-11-15)12-18-16(22)20-14-8-4-2-5-9-14/h13-15H,2-12H2,1H3,(H2,18,20,22)(H2,19,21,23)/t13-/m1/s1. The van der Waals surface area contributed by atoms with E-state index in [0.29, 0.717) is 18.6 Å². The van der Waals surface area contributed by atoms with E-state index in [-0.39, 0.29) is 18.1 Å². The summed E-state index contributed by atoms with van der Waals surface area (Å²) in [4.78, 5) is 23.8. The van der Waals surface area contributed by atoms with Crippen molar-refractivity contribution >= 4 is 12.1 Å². The fourth-order valence-corrected chi connectivity index (χ4v) is 3.48. The van der Waals surface area contributed by atoms with E-state index in [1.807, 2.05) is 6.92 Å². The summed E-state index contributed by atoms with van der Waals surface area (Å²) in [5.74, 6) is 0. The van der Waals surface area contributed by atoms with Crippen LogP contribution in [0.1, 0.15) is 71.1 Å². The summed E-state index contributed by atoms with van der Waals surface area (Å²) in [5, 5.41) is 11.8. The summed E-state index contributed by atoms with van der Waals surface area (Å²) in [6.07, 6.45) is 11.6. The summed E-state index contributed by atoms with van der Waals surface area (Å²) < 4.78 is 0. The van der Waals surface area contributed by atoms with Gasteiger partial charge in [0.15, 0.2) is 0 Å². The summed E-state index contributed by atoms with van der Waals surface area (Å²) in [7, 11) is 0. The predicted molar refractivity (Wildman–Crippen MR) is 91.4 cm³/mol. The van der Waals surface area contributed by atoms with Crippen LogP contribution in [-0.2, 0) is 0 Å². The van der Waals surface area contributed by atoms with Crippen LogP contribution >= 0.6 is 0 Å². The molecule has 0 unspecified atom stereocenters. The summed E-state index contributed by atoms with van der Waals surface area (Å²) in [6, 6.07) is 0.271. The Labute approximate surface area is 139 Å². The van der Waals surface area contributed by atoms with Gasteiger partial charge < -0.3 is 21.3 Å². The minimum Gasteiger partial charge on any atom is -0.336 e. The fraction of sp³-hybridized carbons (Fsp3) is 0.882. The van der Waals surface area contributed by atoms with Crippen LogP contribution in [0.25, 0.3) is 0 Å². The van der Waals surface area contributed by atoms with Gasteiger partial charge in [-0.3, -0.25) is 0 Å². The monoisotopic (exact) mass is 324 g/mol. The zero-order valence-corrected chi connectivity index (χ0v) is 14.3. The van der Waals surface area contributed by atoms with Gasteiger partial charge in [0.1, 0.15) is 0 Å². The molecule has 6 nitrogen and oxygen atoms in total. The fourth-order valence-electron chi connectivity index (χ4n) is 3.48. The Kier molecular flexibility index (Phi) is 7.49. The van der Waals surface area contributed by atoms with E-state index in [0.717, 1.165) is 25.7 Å². The van der Waals surface area contributed by atoms with Crippen LogP contribution in [0.2, 0.25) is 0 Å². The molecule has 6 heteroatoms. The number of rotatable bonds is 5. The van der Waals surface area contributed by atoms with Crippen molar-refractivity contribution in [2.24, 2.45) is 0 Å². The molecule has 4 amide bonds. The molecule has 2 rings (SSSR count). The zero-order chi connectivity index (χ0) is 16.5. The molecule has 0 radical (unpaired) electrons. The molecule has 0 aromatic carbocycles. The normalized spacial score (nSPS) is 21.3. The summed E-state index contributed by atoms with van der Waals surface area (Å²) in [6.45, 7) is 2.35. The molecule has 2 aliphatic carbocycles. The van der Waals surface area contributed by atoms with Gasteiger partial charge in [-0.1, -0.05) is 38.5 Å². The highest BCUT2D eigenvalue weighted by Gasteiger charge is 2.18. The summed E-state index contributed by atoms with van der Waals surface area (Å²) in [5.41, 5.74) is 0. The number of hydrogen-bond acceptors (Lipinski definition) is 2. The van der Waals surface area contributed by atoms with E-state index >= 15 is 0 Å². The van der Waals surface area contributed by atoms with Crippen molar-refractivity contribution in [2.45, 2.75) is 89.3 Å². The van der Waals surface area contributed by atoms with Crippen molar-refractivity contribution in [3.63, 3.8) is 0 Å². The molecule has 2 fully saturated rings. The van der Waals surface area contributed by atoms with E-state index in [2.05, 4.69) is 21.3 Å². The van der Waals surface area contributed by atoms with E-state index in [9.17, 15) is 9.59 Å². The predicted octanol–water partition coefficient (Wildman–Crippen LogP) is 2.64. The maximum absolute atomic E-state index is 11.9. The Bertz CT molecular complexity index is 377. The van der Waals surface area contributed by atoms with Crippen molar-refractivity contribution < 1.29 is 9.59 Å². The van der Waals surface area contributed by atoms with Gasteiger partial charge >= 0.3 is 12.1 Å². The Morgan fingerprint density at radius 1 is 0.826 bits per heavy atom. The number of carbonyl (C=O) groups is 2. The van der Waals surface area contributed by atoms with E-state index in [1.54, 1.807) is 0 Å². The molecular weight excluding hydrogens is 292 g/mol. The molecule has 4 N–H and O–H groups in total. The lowest BCUT2D eigenvalue weighted by atomic mass is 9.96. The minimum absolute atomic E-state index is 0.0873. The molecule has 0 heterocycles. The highest BCUT2D eigenvalue weighted by Crippen LogP contribution is 2.17. The molecule has 2 saturated carbocycles. The smallest absolute Gasteiger partial charge is 0.315 e. The number of urea groups is 2. The lowest BCUT2D eigenvalue weighted by Crippen LogP contribution is -2.51. The molecule has 23 heavy (non-hydrogen) atoms. The Morgan fingerprint density at radius 2 is 1.30 bits per heavy atom. The Hall–Kier alpha value is -1.46. The van der Waals surface area contributed by atoms with Crippen LogP contribution in [0.4, 0.5) is 9.59 Å². The third-order valence-corrected chi connectivity index (χ3v) is 4.83. The molecular formula is C17H32N4O2. The van der Waals surface area contributed by atoms with Gasteiger partial charge in [0.25, 0.3) is 0 Å². The Morgan fingerprint density at radius 3 is 1.83 bits per heavy atom. The maximum atomic E-state index is 11.9. The highest BCUT2D eigenvalue weighted by molar-refractivity contribution is 5.75. The highest BCUT2D eigenvalue weighted by atomic mass is 16.2. The van der Waals surface area contributed by atoms with Crippen molar-refractivity contribution in [3.05, 3.63) is 0 Å². The van der Waals surface area contributed by atoms with Crippen molar-refractivity contribution in [2.75, 3.05) is 6.54 Å². The van der Waals surface area contributed by atoms with Gasteiger partial charge in [-0.15, -0.1) is 0 Å². The average Bonchev–Trinajstić information content (AvgIpc) is 2.55. The molecule has 1 atom stereocenters. The number of carbonyl (C=O) groups excluding carboxylic acids is 2. The molecule has 132 valence electrons. The van der Waals surface area contributed by atoms with Gasteiger partial charge in [0, 0.05) is 24.7 Å². The third kappa shape index (κ3) is 7.10. The van der Waals surface area contributed by atoms with Crippen LogP contribution < -0.4 is 21.3 Å². The lowest BCUT2D eigenvalue weighted by molar-refractivity contribution is 0.224. The molecule has 2 aliphatic rings. The molecule has 0 aromatic rings. The van der Waals surface area contributed by atoms with Gasteiger partial charge in [0.05, 0.1) is 0 Å². The first kappa shape index (κ1) is 17.9. The van der Waals surface area contributed by atoms with Crippen molar-refractivity contribution in [1.29, 1.82) is 0 Å².